The molecule has 1 atom stereocenters. The smallest absolute Gasteiger partial charge is 0.179 e. The van der Waals surface area contributed by atoms with Gasteiger partial charge in [-0.05, 0) is 36.4 Å². The van der Waals surface area contributed by atoms with Crippen molar-refractivity contribution in [3.05, 3.63) is 65.7 Å². The van der Waals surface area contributed by atoms with Gasteiger partial charge in [0.25, 0.3) is 0 Å². The van der Waals surface area contributed by atoms with Crippen LogP contribution in [0.5, 0.6) is 0 Å². The van der Waals surface area contributed by atoms with Crippen molar-refractivity contribution in [3.8, 4) is 5.40 Å². The third-order valence-corrected chi connectivity index (χ3v) is 5.92. The monoisotopic (exact) mass is 317 g/mol. The van der Waals surface area contributed by atoms with Crippen LogP contribution < -0.4 is 0 Å². The molecule has 5 heteroatoms. The molecule has 0 unspecified atom stereocenters. The minimum Gasteiger partial charge on any atom is -0.224 e. The maximum absolute atomic E-state index is 12.5. The highest BCUT2D eigenvalue weighted by Gasteiger charge is 2.23. The van der Waals surface area contributed by atoms with Crippen LogP contribution in [0.1, 0.15) is 16.4 Å². The Morgan fingerprint density at radius 3 is 2.29 bits per heavy atom. The molecule has 21 heavy (non-hydrogen) atoms. The van der Waals surface area contributed by atoms with Gasteiger partial charge in [-0.2, -0.15) is 5.26 Å². The Bertz CT molecular complexity index is 732. The summed E-state index contributed by atoms with van der Waals surface area (Å²) < 4.78 is 25.0. The van der Waals surface area contributed by atoms with Crippen molar-refractivity contribution < 1.29 is 8.42 Å². The summed E-state index contributed by atoms with van der Waals surface area (Å²) in [5.74, 6) is -0.0850. The largest absolute Gasteiger partial charge is 0.224 e. The number of thiocyanates is 1. The second-order valence-electron chi connectivity index (χ2n) is 4.70. The van der Waals surface area contributed by atoms with Crippen LogP contribution in [0.15, 0.2) is 59.5 Å². The third-order valence-electron chi connectivity index (χ3n) is 3.12. The molecule has 0 aromatic heterocycles. The van der Waals surface area contributed by atoms with Crippen LogP contribution in [0.3, 0.4) is 0 Å². The number of sulfone groups is 1. The van der Waals surface area contributed by atoms with Crippen molar-refractivity contribution in [2.45, 2.75) is 17.1 Å². The summed E-state index contributed by atoms with van der Waals surface area (Å²) in [6.45, 7) is 1.91. The summed E-state index contributed by atoms with van der Waals surface area (Å²) in [5, 5.41) is 10.5. The van der Waals surface area contributed by atoms with Crippen LogP contribution >= 0.6 is 11.8 Å². The molecule has 0 saturated carbocycles. The van der Waals surface area contributed by atoms with Crippen LogP contribution in [0, 0.1) is 17.6 Å². The Morgan fingerprint density at radius 1 is 1.10 bits per heavy atom. The molecule has 0 aliphatic carbocycles. The van der Waals surface area contributed by atoms with Gasteiger partial charge in [-0.1, -0.05) is 48.0 Å². The zero-order chi connectivity index (χ0) is 15.3. The lowest BCUT2D eigenvalue weighted by Crippen LogP contribution is -2.13. The van der Waals surface area contributed by atoms with Gasteiger partial charge in [0.15, 0.2) is 9.84 Å². The Hall–Kier alpha value is -1.77. The molecule has 2 rings (SSSR count). The van der Waals surface area contributed by atoms with Crippen LogP contribution in [-0.4, -0.2) is 14.2 Å². The van der Waals surface area contributed by atoms with Gasteiger partial charge in [0.1, 0.15) is 5.40 Å². The van der Waals surface area contributed by atoms with Crippen molar-refractivity contribution >= 4 is 21.6 Å². The number of hydrogen-bond acceptors (Lipinski definition) is 4. The SMILES string of the molecule is Cc1ccc(S(=O)(=O)C[C@H](SC#N)c2ccccc2)cc1. The van der Waals surface area contributed by atoms with E-state index >= 15 is 0 Å². The van der Waals surface area contributed by atoms with E-state index in [2.05, 4.69) is 0 Å². The molecule has 0 radical (unpaired) electrons. The number of rotatable bonds is 5. The molecule has 2 aromatic carbocycles. The van der Waals surface area contributed by atoms with Gasteiger partial charge in [-0.3, -0.25) is 0 Å². The molecule has 0 fully saturated rings. The summed E-state index contributed by atoms with van der Waals surface area (Å²) in [6, 6.07) is 16.0. The molecular weight excluding hydrogens is 302 g/mol. The topological polar surface area (TPSA) is 57.9 Å². The maximum Gasteiger partial charge on any atom is 0.179 e. The minimum absolute atomic E-state index is 0.0850. The summed E-state index contributed by atoms with van der Waals surface area (Å²) in [6.07, 6.45) is 0. The van der Waals surface area contributed by atoms with Gasteiger partial charge >= 0.3 is 0 Å². The molecule has 2 aromatic rings. The lowest BCUT2D eigenvalue weighted by Gasteiger charge is -2.14. The lowest BCUT2D eigenvalue weighted by atomic mass is 10.2. The van der Waals surface area contributed by atoms with Crippen molar-refractivity contribution in [3.63, 3.8) is 0 Å². The fourth-order valence-corrected chi connectivity index (χ4v) is 4.54. The predicted octanol–water partition coefficient (Wildman–Crippen LogP) is 3.72. The molecule has 0 bridgehead atoms. The average Bonchev–Trinajstić information content (AvgIpc) is 2.48. The van der Waals surface area contributed by atoms with Crippen LogP contribution in [0.2, 0.25) is 0 Å². The maximum atomic E-state index is 12.5. The van der Waals surface area contributed by atoms with Gasteiger partial charge in [-0.25, -0.2) is 8.42 Å². The highest BCUT2D eigenvalue weighted by atomic mass is 32.2. The van der Waals surface area contributed by atoms with E-state index < -0.39 is 9.84 Å². The second kappa shape index (κ2) is 6.79. The molecule has 3 nitrogen and oxygen atoms in total. The summed E-state index contributed by atoms with van der Waals surface area (Å²) in [7, 11) is -3.42. The van der Waals surface area contributed by atoms with Crippen molar-refractivity contribution in [2.75, 3.05) is 5.75 Å². The Kier molecular flexibility index (Phi) is 5.05. The van der Waals surface area contributed by atoms with E-state index in [1.165, 1.54) is 0 Å². The summed E-state index contributed by atoms with van der Waals surface area (Å²) >= 11 is 0.981. The second-order valence-corrected chi connectivity index (χ2v) is 7.72. The van der Waals surface area contributed by atoms with Crippen molar-refractivity contribution in [1.29, 1.82) is 5.26 Å². The lowest BCUT2D eigenvalue weighted by molar-refractivity contribution is 0.595. The van der Waals surface area contributed by atoms with E-state index in [4.69, 9.17) is 5.26 Å². The van der Waals surface area contributed by atoms with E-state index in [1.54, 1.807) is 24.3 Å². The number of aryl methyl sites for hydroxylation is 1. The van der Waals surface area contributed by atoms with E-state index in [1.807, 2.05) is 42.7 Å². The van der Waals surface area contributed by atoms with Gasteiger partial charge in [-0.15, -0.1) is 0 Å². The van der Waals surface area contributed by atoms with Crippen LogP contribution in [-0.2, 0) is 9.84 Å². The average molecular weight is 317 g/mol. The van der Waals surface area contributed by atoms with Crippen molar-refractivity contribution in [1.82, 2.24) is 0 Å². The number of nitriles is 1. The molecule has 0 heterocycles. The summed E-state index contributed by atoms with van der Waals surface area (Å²) in [4.78, 5) is 0.299. The Morgan fingerprint density at radius 2 is 1.71 bits per heavy atom. The van der Waals surface area contributed by atoms with E-state index in [0.29, 0.717) is 4.90 Å². The van der Waals surface area contributed by atoms with Gasteiger partial charge in [0.2, 0.25) is 0 Å². The standard InChI is InChI=1S/C16H15NO2S2/c1-13-7-9-15(10-8-13)21(18,19)11-16(20-12-17)14-5-3-2-4-6-14/h2-10,16H,11H2,1H3/t16-/m0/s1. The van der Waals surface area contributed by atoms with Gasteiger partial charge in [0, 0.05) is 0 Å². The molecule has 108 valence electrons. The molecule has 0 spiro atoms. The quantitative estimate of drug-likeness (QED) is 0.789. The van der Waals surface area contributed by atoms with Crippen molar-refractivity contribution in [2.24, 2.45) is 0 Å². The summed E-state index contributed by atoms with van der Waals surface area (Å²) in [5.41, 5.74) is 1.86. The first-order valence-electron chi connectivity index (χ1n) is 6.42. The number of hydrogen-bond donors (Lipinski definition) is 0. The first-order valence-corrected chi connectivity index (χ1v) is 8.95. The first kappa shape index (κ1) is 15.6. The Balaban J connectivity index is 2.28. The number of nitrogens with zero attached hydrogens (tertiary/aromatic N) is 1. The molecule has 0 aliphatic rings. The van der Waals surface area contributed by atoms with E-state index in [0.717, 1.165) is 22.9 Å². The fraction of sp³-hybridized carbons (Fsp3) is 0.188. The molecular formula is C16H15NO2S2. The Labute approximate surface area is 129 Å². The van der Waals surface area contributed by atoms with Gasteiger partial charge in [0.05, 0.1) is 15.9 Å². The highest BCUT2D eigenvalue weighted by molar-refractivity contribution is 8.04. The fourth-order valence-electron chi connectivity index (χ4n) is 1.97. The number of benzene rings is 2. The first-order chi connectivity index (χ1) is 10.0. The molecule has 0 saturated heterocycles. The molecule has 0 amide bonds. The van der Waals surface area contributed by atoms with Crippen LogP contribution in [0.4, 0.5) is 0 Å². The number of thioether (sulfide) groups is 1. The van der Waals surface area contributed by atoms with Gasteiger partial charge < -0.3 is 0 Å². The van der Waals surface area contributed by atoms with Crippen LogP contribution in [0.25, 0.3) is 0 Å². The molecule has 0 N–H and O–H groups in total. The normalized spacial score (nSPS) is 12.6. The zero-order valence-electron chi connectivity index (χ0n) is 11.6. The zero-order valence-corrected chi connectivity index (χ0v) is 13.2. The third kappa shape index (κ3) is 4.10. The van der Waals surface area contributed by atoms with E-state index in [9.17, 15) is 8.42 Å². The highest BCUT2D eigenvalue weighted by Crippen LogP contribution is 2.31. The van der Waals surface area contributed by atoms with E-state index in [-0.39, 0.29) is 11.0 Å². The predicted molar refractivity (Wildman–Crippen MR) is 85.6 cm³/mol. The molecule has 0 aliphatic heterocycles. The minimum atomic E-state index is -3.42.